The topological polar surface area (TPSA) is 66.8 Å². The lowest BCUT2D eigenvalue weighted by molar-refractivity contribution is -0.138. The fourth-order valence-electron chi connectivity index (χ4n) is 1.67. The number of rotatable bonds is 8. The monoisotopic (exact) mass is 285 g/mol. The van der Waals surface area contributed by atoms with Crippen molar-refractivity contribution in [2.45, 2.75) is 26.2 Å². The lowest BCUT2D eigenvalue weighted by atomic mass is 10.2. The summed E-state index contributed by atoms with van der Waals surface area (Å²) in [7, 11) is 0. The predicted molar refractivity (Wildman–Crippen MR) is 73.5 cm³/mol. The molecule has 5 nitrogen and oxygen atoms in total. The van der Waals surface area contributed by atoms with E-state index in [0.29, 0.717) is 6.54 Å². The summed E-state index contributed by atoms with van der Waals surface area (Å²) in [4.78, 5) is 24.8. The average molecular weight is 285 g/mol. The van der Waals surface area contributed by atoms with Crippen molar-refractivity contribution in [1.29, 1.82) is 0 Å². The molecule has 0 unspecified atom stereocenters. The fourth-order valence-corrected chi connectivity index (χ4v) is 2.42. The van der Waals surface area contributed by atoms with Gasteiger partial charge in [-0.25, -0.2) is 4.79 Å². The molecule has 0 aliphatic heterocycles. The molecule has 1 amide bonds. The van der Waals surface area contributed by atoms with E-state index < -0.39 is 12.1 Å². The molecule has 0 aliphatic carbocycles. The summed E-state index contributed by atoms with van der Waals surface area (Å²) in [6, 6.07) is 4.08. The van der Waals surface area contributed by atoms with Crippen LogP contribution in [0.15, 0.2) is 17.5 Å². The quantitative estimate of drug-likeness (QED) is 0.746. The molecule has 1 aromatic heterocycles. The first-order valence-electron chi connectivity index (χ1n) is 6.29. The second-order valence-electron chi connectivity index (χ2n) is 4.05. The van der Waals surface area contributed by atoms with Gasteiger partial charge < -0.3 is 9.84 Å². The van der Waals surface area contributed by atoms with Crippen molar-refractivity contribution < 1.29 is 19.4 Å². The van der Waals surface area contributed by atoms with Gasteiger partial charge in [0, 0.05) is 11.4 Å². The molecule has 1 aromatic rings. The highest BCUT2D eigenvalue weighted by Gasteiger charge is 2.17. The number of aliphatic carboxylic acids is 1. The Morgan fingerprint density at radius 3 is 2.79 bits per heavy atom. The van der Waals surface area contributed by atoms with Crippen molar-refractivity contribution in [3.8, 4) is 0 Å². The smallest absolute Gasteiger partial charge is 0.410 e. The van der Waals surface area contributed by atoms with Crippen LogP contribution in [0.25, 0.3) is 0 Å². The molecule has 1 rings (SSSR count). The van der Waals surface area contributed by atoms with Gasteiger partial charge in [-0.1, -0.05) is 6.07 Å². The van der Waals surface area contributed by atoms with Crippen molar-refractivity contribution in [3.05, 3.63) is 22.4 Å². The lowest BCUT2D eigenvalue weighted by Crippen LogP contribution is -2.36. The molecule has 0 radical (unpaired) electrons. The van der Waals surface area contributed by atoms with E-state index in [4.69, 9.17) is 9.84 Å². The van der Waals surface area contributed by atoms with E-state index in [0.717, 1.165) is 19.3 Å². The van der Waals surface area contributed by atoms with Crippen LogP contribution in [0.2, 0.25) is 0 Å². The van der Waals surface area contributed by atoms with Gasteiger partial charge in [0.15, 0.2) is 0 Å². The summed E-state index contributed by atoms with van der Waals surface area (Å²) >= 11 is 1.71. The summed E-state index contributed by atoms with van der Waals surface area (Å²) < 4.78 is 4.83. The highest BCUT2D eigenvalue weighted by molar-refractivity contribution is 7.09. The number of carbonyl (C=O) groups is 2. The van der Waals surface area contributed by atoms with Crippen LogP contribution in [0.1, 0.15) is 24.6 Å². The summed E-state index contributed by atoms with van der Waals surface area (Å²) in [6.07, 6.45) is 2.10. The molecule has 0 spiro atoms. The zero-order chi connectivity index (χ0) is 14.1. The Bertz CT molecular complexity index is 391. The van der Waals surface area contributed by atoms with Crippen molar-refractivity contribution in [2.75, 3.05) is 19.7 Å². The van der Waals surface area contributed by atoms with E-state index in [1.807, 2.05) is 11.4 Å². The first-order chi connectivity index (χ1) is 9.13. The zero-order valence-electron chi connectivity index (χ0n) is 11.0. The largest absolute Gasteiger partial charge is 0.480 e. The Balaban J connectivity index is 2.31. The third kappa shape index (κ3) is 6.24. The summed E-state index contributed by atoms with van der Waals surface area (Å²) in [5.41, 5.74) is 0. The molecule has 6 heteroatoms. The number of carboxylic acid groups (broad SMARTS) is 1. The molecule has 0 fully saturated rings. The van der Waals surface area contributed by atoms with Crippen LogP contribution < -0.4 is 0 Å². The maximum absolute atomic E-state index is 11.5. The average Bonchev–Trinajstić information content (AvgIpc) is 2.86. The number of amides is 1. The highest BCUT2D eigenvalue weighted by Crippen LogP contribution is 2.12. The molecule has 0 atom stereocenters. The summed E-state index contributed by atoms with van der Waals surface area (Å²) in [5, 5.41) is 10.8. The molecular formula is C13H19NO4S. The van der Waals surface area contributed by atoms with Crippen LogP contribution >= 0.6 is 11.3 Å². The minimum atomic E-state index is -1.02. The number of unbranched alkanes of at least 4 members (excludes halogenated alkanes) is 1. The van der Waals surface area contributed by atoms with E-state index in [1.165, 1.54) is 9.78 Å². The molecule has 0 bridgehead atoms. The third-order valence-electron chi connectivity index (χ3n) is 2.53. The van der Waals surface area contributed by atoms with Gasteiger partial charge in [0.25, 0.3) is 0 Å². The van der Waals surface area contributed by atoms with Crippen molar-refractivity contribution >= 4 is 23.4 Å². The van der Waals surface area contributed by atoms with Crippen LogP contribution in [0.4, 0.5) is 4.79 Å². The molecule has 0 aromatic carbocycles. The molecule has 1 N–H and O–H groups in total. The minimum Gasteiger partial charge on any atom is -0.480 e. The Morgan fingerprint density at radius 2 is 2.21 bits per heavy atom. The highest BCUT2D eigenvalue weighted by atomic mass is 32.1. The fraction of sp³-hybridized carbons (Fsp3) is 0.538. The molecular weight excluding hydrogens is 266 g/mol. The van der Waals surface area contributed by atoms with E-state index in [1.54, 1.807) is 18.3 Å². The maximum Gasteiger partial charge on any atom is 0.410 e. The van der Waals surface area contributed by atoms with Crippen LogP contribution in [0.5, 0.6) is 0 Å². The molecule has 19 heavy (non-hydrogen) atoms. The minimum absolute atomic E-state index is 0.254. The van der Waals surface area contributed by atoms with E-state index in [-0.39, 0.29) is 13.2 Å². The number of hydrogen-bond acceptors (Lipinski definition) is 4. The Kier molecular flexibility index (Phi) is 6.95. The number of carboxylic acids is 1. The van der Waals surface area contributed by atoms with Gasteiger partial charge in [0.05, 0.1) is 6.61 Å². The normalized spacial score (nSPS) is 10.2. The van der Waals surface area contributed by atoms with Crippen LogP contribution in [-0.2, 0) is 16.0 Å². The number of nitrogens with zero attached hydrogens (tertiary/aromatic N) is 1. The molecule has 0 saturated carbocycles. The van der Waals surface area contributed by atoms with Crippen LogP contribution in [-0.4, -0.2) is 41.8 Å². The maximum atomic E-state index is 11.5. The van der Waals surface area contributed by atoms with Gasteiger partial charge in [-0.05, 0) is 37.6 Å². The van der Waals surface area contributed by atoms with Crippen molar-refractivity contribution in [2.24, 2.45) is 0 Å². The number of aryl methyl sites for hydroxylation is 1. The van der Waals surface area contributed by atoms with E-state index in [2.05, 4.69) is 6.07 Å². The lowest BCUT2D eigenvalue weighted by Gasteiger charge is -2.19. The summed E-state index contributed by atoms with van der Waals surface area (Å²) in [5.74, 6) is -1.02. The second-order valence-corrected chi connectivity index (χ2v) is 5.08. The van der Waals surface area contributed by atoms with Gasteiger partial charge in [0.2, 0.25) is 0 Å². The van der Waals surface area contributed by atoms with Gasteiger partial charge in [0.1, 0.15) is 6.54 Å². The first kappa shape index (κ1) is 15.5. The Labute approximate surface area is 116 Å². The first-order valence-corrected chi connectivity index (χ1v) is 7.17. The summed E-state index contributed by atoms with van der Waals surface area (Å²) in [6.45, 7) is 2.06. The van der Waals surface area contributed by atoms with Crippen molar-refractivity contribution in [3.63, 3.8) is 0 Å². The standard InChI is InChI=1S/C13H19NO4S/c1-2-18-13(17)14(10-12(15)16)8-4-3-6-11-7-5-9-19-11/h5,7,9H,2-4,6,8,10H2,1H3,(H,15,16). The predicted octanol–water partition coefficient (Wildman–Crippen LogP) is 2.61. The molecule has 106 valence electrons. The molecule has 0 saturated heterocycles. The number of carbonyl (C=O) groups excluding carboxylic acids is 1. The Morgan fingerprint density at radius 1 is 1.42 bits per heavy atom. The number of ether oxygens (including phenoxy) is 1. The van der Waals surface area contributed by atoms with Crippen LogP contribution in [0, 0.1) is 0 Å². The number of hydrogen-bond donors (Lipinski definition) is 1. The van der Waals surface area contributed by atoms with Gasteiger partial charge in [-0.15, -0.1) is 11.3 Å². The molecule has 0 aliphatic rings. The van der Waals surface area contributed by atoms with Gasteiger partial charge in [-0.3, -0.25) is 9.69 Å². The van der Waals surface area contributed by atoms with Crippen LogP contribution in [0.3, 0.4) is 0 Å². The van der Waals surface area contributed by atoms with E-state index >= 15 is 0 Å². The third-order valence-corrected chi connectivity index (χ3v) is 3.47. The SMILES string of the molecule is CCOC(=O)N(CCCCc1cccs1)CC(=O)O. The zero-order valence-corrected chi connectivity index (χ0v) is 11.8. The van der Waals surface area contributed by atoms with E-state index in [9.17, 15) is 9.59 Å². The Hall–Kier alpha value is -1.56. The molecule has 1 heterocycles. The van der Waals surface area contributed by atoms with Crippen molar-refractivity contribution in [1.82, 2.24) is 4.90 Å². The number of thiophene rings is 1. The van der Waals surface area contributed by atoms with Gasteiger partial charge in [-0.2, -0.15) is 0 Å². The second kappa shape index (κ2) is 8.53. The van der Waals surface area contributed by atoms with Gasteiger partial charge >= 0.3 is 12.1 Å².